The van der Waals surface area contributed by atoms with Gasteiger partial charge in [-0.3, -0.25) is 0 Å². The van der Waals surface area contributed by atoms with Crippen molar-refractivity contribution in [2.45, 2.75) is 6.17 Å². The van der Waals surface area contributed by atoms with E-state index in [9.17, 15) is 0 Å². The van der Waals surface area contributed by atoms with E-state index in [-0.39, 0.29) is 0 Å². The van der Waals surface area contributed by atoms with E-state index in [4.69, 9.17) is 0 Å². The van der Waals surface area contributed by atoms with Crippen molar-refractivity contribution in [1.29, 1.82) is 0 Å². The molecule has 0 aliphatic carbocycles. The lowest BCUT2D eigenvalue weighted by atomic mass is 10.6. The Bertz CT molecular complexity index is 143. The zero-order chi connectivity index (χ0) is 6.65. The summed E-state index contributed by atoms with van der Waals surface area (Å²) >= 11 is 0. The molecule has 2 fully saturated rings. The topological polar surface area (TPSA) is 6.25 Å². The van der Waals surface area contributed by atoms with Gasteiger partial charge in [0.15, 0.2) is 6.67 Å². The van der Waals surface area contributed by atoms with Crippen LogP contribution in [-0.2, 0) is 0 Å². The minimum Gasteiger partial charge on any atom is -0.236 e. The van der Waals surface area contributed by atoms with Crippen LogP contribution in [0, 0.1) is 0 Å². The van der Waals surface area contributed by atoms with E-state index >= 15 is 0 Å². The van der Waals surface area contributed by atoms with Gasteiger partial charge in [-0.15, -0.1) is 5.01 Å². The third kappa shape index (κ3) is 0.625. The van der Waals surface area contributed by atoms with E-state index in [1.807, 2.05) is 0 Å². The van der Waals surface area contributed by atoms with Gasteiger partial charge in [0.2, 0.25) is 0 Å². The second kappa shape index (κ2) is 1.31. The molecule has 0 aromatic heterocycles. The first-order valence-electron chi connectivity index (χ1n) is 3.41. The Morgan fingerprint density at radius 1 is 1.44 bits per heavy atom. The van der Waals surface area contributed by atoms with Crippen molar-refractivity contribution in [3.8, 4) is 0 Å². The molecule has 2 aliphatic heterocycles. The Balaban J connectivity index is 2.17. The first-order chi connectivity index (χ1) is 4.11. The molecule has 0 aromatic rings. The highest BCUT2D eigenvalue weighted by Crippen LogP contribution is 2.33. The fraction of sp³-hybridized carbons (Fsp3) is 1.00. The molecule has 0 N–H and O–H groups in total. The number of likely N-dealkylation sites (N-methyl/N-ethyl adjacent to an activating group) is 1. The summed E-state index contributed by atoms with van der Waals surface area (Å²) < 4.78 is 1.06. The third-order valence-corrected chi connectivity index (χ3v) is 2.33. The molecule has 2 rings (SSSR count). The molecule has 0 spiro atoms. The van der Waals surface area contributed by atoms with E-state index in [2.05, 4.69) is 31.1 Å². The highest BCUT2D eigenvalue weighted by Gasteiger charge is 2.56. The Hall–Kier alpha value is -0.120. The number of fused-ring (bicyclic) bond motifs is 1. The van der Waals surface area contributed by atoms with E-state index in [1.54, 1.807) is 0 Å². The Kier molecular flexibility index (Phi) is 0.822. The van der Waals surface area contributed by atoms with Crippen molar-refractivity contribution < 1.29 is 4.59 Å². The van der Waals surface area contributed by atoms with Crippen LogP contribution in [0.1, 0.15) is 0 Å². The molecule has 2 heterocycles. The number of nitrogens with zero attached hydrogens (tertiary/aromatic N) is 3. The van der Waals surface area contributed by atoms with E-state index < -0.39 is 0 Å². The second-order valence-electron chi connectivity index (χ2n) is 3.62. The van der Waals surface area contributed by atoms with Gasteiger partial charge in [-0.25, -0.2) is 9.49 Å². The van der Waals surface area contributed by atoms with Crippen molar-refractivity contribution in [1.82, 2.24) is 9.91 Å². The molecule has 2 saturated heterocycles. The smallest absolute Gasteiger partial charge is 0.153 e. The van der Waals surface area contributed by atoms with Crippen molar-refractivity contribution >= 4 is 0 Å². The van der Waals surface area contributed by atoms with Crippen molar-refractivity contribution in [2.75, 3.05) is 34.4 Å². The van der Waals surface area contributed by atoms with Crippen LogP contribution in [0.25, 0.3) is 0 Å². The molecule has 9 heavy (non-hydrogen) atoms. The van der Waals surface area contributed by atoms with Gasteiger partial charge in [0.05, 0.1) is 20.6 Å². The lowest BCUT2D eigenvalue weighted by Crippen LogP contribution is -2.44. The Morgan fingerprint density at radius 3 is 2.22 bits per heavy atom. The normalized spacial score (nSPS) is 47.0. The molecule has 2 aliphatic rings. The quantitative estimate of drug-likeness (QED) is 0.321. The molecule has 52 valence electrons. The second-order valence-corrected chi connectivity index (χ2v) is 3.62. The molecule has 0 saturated carbocycles. The maximum Gasteiger partial charge on any atom is 0.153 e. The minimum absolute atomic E-state index is 0.764. The number of rotatable bonds is 0. The van der Waals surface area contributed by atoms with Gasteiger partial charge in [0.25, 0.3) is 0 Å². The zero-order valence-electron chi connectivity index (χ0n) is 6.33. The van der Waals surface area contributed by atoms with Crippen molar-refractivity contribution in [3.63, 3.8) is 0 Å². The summed E-state index contributed by atoms with van der Waals surface area (Å²) in [6.45, 7) is 2.44. The molecule has 3 nitrogen and oxygen atoms in total. The van der Waals surface area contributed by atoms with Crippen molar-refractivity contribution in [3.05, 3.63) is 0 Å². The molecular weight excluding hydrogens is 114 g/mol. The first-order valence-corrected chi connectivity index (χ1v) is 3.41. The standard InChI is InChI=1S/C6H14N3/c1-7-5-9(2,3)8-4-6(7)8/h6H,4-5H2,1-3H3/q+1. The van der Waals surface area contributed by atoms with Gasteiger partial charge in [0, 0.05) is 0 Å². The predicted octanol–water partition coefficient (Wildman–Crippen LogP) is -0.478. The molecule has 3 heteroatoms. The van der Waals surface area contributed by atoms with E-state index in [1.165, 1.54) is 13.2 Å². The highest BCUT2D eigenvalue weighted by molar-refractivity contribution is 4.84. The summed E-state index contributed by atoms with van der Waals surface area (Å²) in [7, 11) is 6.70. The van der Waals surface area contributed by atoms with Gasteiger partial charge in [0.1, 0.15) is 6.17 Å². The minimum atomic E-state index is 0.764. The monoisotopic (exact) mass is 128 g/mol. The highest BCUT2D eigenvalue weighted by atomic mass is 15.9. The Labute approximate surface area is 56.0 Å². The van der Waals surface area contributed by atoms with Crippen LogP contribution in [0.15, 0.2) is 0 Å². The average molecular weight is 128 g/mol. The van der Waals surface area contributed by atoms with Crippen LogP contribution in [0.2, 0.25) is 0 Å². The van der Waals surface area contributed by atoms with Gasteiger partial charge in [-0.05, 0) is 7.05 Å². The van der Waals surface area contributed by atoms with Gasteiger partial charge < -0.3 is 0 Å². The first kappa shape index (κ1) is 5.65. The SMILES string of the molecule is CN1C[N+](C)(C)N2CC12. The predicted molar refractivity (Wildman–Crippen MR) is 35.2 cm³/mol. The van der Waals surface area contributed by atoms with Crippen LogP contribution in [0.4, 0.5) is 0 Å². The van der Waals surface area contributed by atoms with E-state index in [0.29, 0.717) is 0 Å². The summed E-state index contributed by atoms with van der Waals surface area (Å²) in [4.78, 5) is 2.40. The van der Waals surface area contributed by atoms with Crippen LogP contribution < -0.4 is 0 Å². The van der Waals surface area contributed by atoms with Crippen LogP contribution in [0.3, 0.4) is 0 Å². The van der Waals surface area contributed by atoms with Crippen molar-refractivity contribution in [2.24, 2.45) is 0 Å². The summed E-state index contributed by atoms with van der Waals surface area (Å²) in [5.74, 6) is 0. The summed E-state index contributed by atoms with van der Waals surface area (Å²) in [5.41, 5.74) is 0. The van der Waals surface area contributed by atoms with Gasteiger partial charge >= 0.3 is 0 Å². The average Bonchev–Trinajstić information content (AvgIpc) is 2.33. The zero-order valence-corrected chi connectivity index (χ0v) is 6.33. The number of hydrogen-bond acceptors (Lipinski definition) is 2. The third-order valence-electron chi connectivity index (χ3n) is 2.33. The summed E-state index contributed by atoms with van der Waals surface area (Å²) in [6, 6.07) is 0. The van der Waals surface area contributed by atoms with Gasteiger partial charge in [-0.2, -0.15) is 0 Å². The molecule has 2 unspecified atom stereocenters. The lowest BCUT2D eigenvalue weighted by molar-refractivity contribution is -0.977. The number of quaternary nitrogens is 1. The van der Waals surface area contributed by atoms with Gasteiger partial charge in [-0.1, -0.05) is 0 Å². The Morgan fingerprint density at radius 2 is 2.11 bits per heavy atom. The largest absolute Gasteiger partial charge is 0.236 e. The molecule has 0 radical (unpaired) electrons. The summed E-state index contributed by atoms with van der Waals surface area (Å²) in [5, 5.41) is 2.47. The molecule has 0 aromatic carbocycles. The fourth-order valence-electron chi connectivity index (χ4n) is 1.79. The lowest BCUT2D eigenvalue weighted by Gasteiger charge is -2.25. The molecule has 2 atom stereocenters. The van der Waals surface area contributed by atoms with Crippen LogP contribution >= 0.6 is 0 Å². The maximum atomic E-state index is 2.47. The van der Waals surface area contributed by atoms with Crippen LogP contribution in [-0.4, -0.2) is 55.0 Å². The maximum absolute atomic E-state index is 2.47. The van der Waals surface area contributed by atoms with E-state index in [0.717, 1.165) is 10.8 Å². The van der Waals surface area contributed by atoms with Crippen LogP contribution in [0.5, 0.6) is 0 Å². The fourth-order valence-corrected chi connectivity index (χ4v) is 1.79. The molecule has 0 amide bonds. The molecule has 0 bridgehead atoms. The molecular formula is C6H14N3+. The summed E-state index contributed by atoms with van der Waals surface area (Å²) in [6.07, 6.45) is 0.764. The number of hydrogen-bond donors (Lipinski definition) is 0.